The van der Waals surface area contributed by atoms with E-state index in [1.165, 1.54) is 19.3 Å². The molecule has 4 rings (SSSR count). The lowest BCUT2D eigenvalue weighted by atomic mass is 9.98. The number of imidazole rings is 1. The first-order chi connectivity index (χ1) is 12.3. The fourth-order valence-corrected chi connectivity index (χ4v) is 4.06. The van der Waals surface area contributed by atoms with Crippen LogP contribution in [-0.4, -0.2) is 40.1 Å². The molecule has 5 nitrogen and oxygen atoms in total. The third-order valence-electron chi connectivity index (χ3n) is 5.37. The van der Waals surface area contributed by atoms with Gasteiger partial charge in [0, 0.05) is 6.61 Å². The summed E-state index contributed by atoms with van der Waals surface area (Å²) in [7, 11) is 0. The predicted molar refractivity (Wildman–Crippen MR) is 96.5 cm³/mol. The van der Waals surface area contributed by atoms with Gasteiger partial charge < -0.3 is 19.1 Å². The molecule has 2 aliphatic rings. The zero-order valence-corrected chi connectivity index (χ0v) is 14.8. The van der Waals surface area contributed by atoms with Gasteiger partial charge >= 0.3 is 0 Å². The topological polar surface area (TPSA) is 56.5 Å². The Balaban J connectivity index is 1.48. The van der Waals surface area contributed by atoms with Gasteiger partial charge in [-0.2, -0.15) is 0 Å². The Morgan fingerprint density at radius 1 is 1.16 bits per heavy atom. The second-order valence-corrected chi connectivity index (χ2v) is 7.32. The van der Waals surface area contributed by atoms with Gasteiger partial charge in [-0.15, -0.1) is 0 Å². The van der Waals surface area contributed by atoms with Crippen molar-refractivity contribution in [2.24, 2.45) is 0 Å². The van der Waals surface area contributed by atoms with E-state index in [0.29, 0.717) is 19.3 Å². The van der Waals surface area contributed by atoms with E-state index in [1.54, 1.807) is 0 Å². The minimum Gasteiger partial charge on any atom is -0.389 e. The quantitative estimate of drug-likeness (QED) is 0.870. The van der Waals surface area contributed by atoms with Crippen LogP contribution >= 0.6 is 0 Å². The molecule has 1 aliphatic carbocycles. The number of ether oxygens (including phenoxy) is 2. The average Bonchev–Trinajstić information content (AvgIpc) is 3.29. The molecule has 0 radical (unpaired) electrons. The maximum Gasteiger partial charge on any atom is 0.139 e. The molecule has 2 aromatic rings. The largest absolute Gasteiger partial charge is 0.389 e. The summed E-state index contributed by atoms with van der Waals surface area (Å²) in [6.07, 6.45) is 7.96. The molecule has 136 valence electrons. The first-order valence-electron chi connectivity index (χ1n) is 9.67. The van der Waals surface area contributed by atoms with Gasteiger partial charge in [-0.05, 0) is 37.8 Å². The Morgan fingerprint density at radius 3 is 2.80 bits per heavy atom. The minimum atomic E-state index is -0.528. The smallest absolute Gasteiger partial charge is 0.139 e. The molecular weight excluding hydrogens is 316 g/mol. The molecule has 1 aromatic heterocycles. The molecule has 0 bridgehead atoms. The number of nitrogens with zero attached hydrogens (tertiary/aromatic N) is 2. The summed E-state index contributed by atoms with van der Waals surface area (Å²) in [5.41, 5.74) is 2.03. The van der Waals surface area contributed by atoms with Gasteiger partial charge in [-0.25, -0.2) is 4.98 Å². The number of rotatable bonds is 6. The SMILES string of the molecule is OC(COC1CCCCC1)Cn1c(C2CCCO2)nc2ccccc21. The van der Waals surface area contributed by atoms with E-state index in [0.717, 1.165) is 49.1 Å². The van der Waals surface area contributed by atoms with Gasteiger partial charge in [0.1, 0.15) is 11.9 Å². The van der Waals surface area contributed by atoms with Crippen molar-refractivity contribution in [3.63, 3.8) is 0 Å². The maximum absolute atomic E-state index is 10.6. The van der Waals surface area contributed by atoms with Crippen molar-refractivity contribution >= 4 is 11.0 Å². The molecule has 5 heteroatoms. The van der Waals surface area contributed by atoms with E-state index in [1.807, 2.05) is 18.2 Å². The lowest BCUT2D eigenvalue weighted by molar-refractivity contribution is -0.0288. The van der Waals surface area contributed by atoms with Crippen molar-refractivity contribution in [1.82, 2.24) is 9.55 Å². The maximum atomic E-state index is 10.6. The number of aromatic nitrogens is 2. The first kappa shape index (κ1) is 17.0. The van der Waals surface area contributed by atoms with Gasteiger partial charge in [0.05, 0.1) is 36.4 Å². The average molecular weight is 344 g/mol. The Bertz CT molecular complexity index is 687. The van der Waals surface area contributed by atoms with Crippen molar-refractivity contribution < 1.29 is 14.6 Å². The molecule has 1 aromatic carbocycles. The normalized spacial score (nSPS) is 23.3. The summed E-state index contributed by atoms with van der Waals surface area (Å²) in [5.74, 6) is 0.940. The number of para-hydroxylation sites is 2. The Morgan fingerprint density at radius 2 is 2.00 bits per heavy atom. The summed E-state index contributed by atoms with van der Waals surface area (Å²) >= 11 is 0. The van der Waals surface area contributed by atoms with E-state index >= 15 is 0 Å². The van der Waals surface area contributed by atoms with Gasteiger partial charge in [-0.3, -0.25) is 0 Å². The van der Waals surface area contributed by atoms with Gasteiger partial charge in [-0.1, -0.05) is 31.4 Å². The molecule has 1 saturated heterocycles. The fraction of sp³-hybridized carbons (Fsp3) is 0.650. The van der Waals surface area contributed by atoms with Gasteiger partial charge in [0.25, 0.3) is 0 Å². The van der Waals surface area contributed by atoms with E-state index in [4.69, 9.17) is 14.5 Å². The molecule has 1 N–H and O–H groups in total. The highest BCUT2D eigenvalue weighted by Crippen LogP contribution is 2.31. The second kappa shape index (κ2) is 7.85. The van der Waals surface area contributed by atoms with Crippen molar-refractivity contribution in [2.75, 3.05) is 13.2 Å². The highest BCUT2D eigenvalue weighted by atomic mass is 16.5. The molecule has 2 fully saturated rings. The number of hydrogen-bond acceptors (Lipinski definition) is 4. The molecule has 1 aliphatic heterocycles. The summed E-state index contributed by atoms with van der Waals surface area (Å²) < 4.78 is 13.9. The van der Waals surface area contributed by atoms with Crippen LogP contribution in [0.5, 0.6) is 0 Å². The molecule has 2 unspecified atom stereocenters. The molecule has 2 heterocycles. The van der Waals surface area contributed by atoms with E-state index in [2.05, 4.69) is 10.6 Å². The molecule has 25 heavy (non-hydrogen) atoms. The third kappa shape index (κ3) is 3.89. The Kier molecular flexibility index (Phi) is 5.34. The molecule has 1 saturated carbocycles. The molecule has 0 amide bonds. The third-order valence-corrected chi connectivity index (χ3v) is 5.37. The first-order valence-corrected chi connectivity index (χ1v) is 9.67. The summed E-state index contributed by atoms with van der Waals surface area (Å²) in [5, 5.41) is 10.6. The standard InChI is InChI=1S/C20H28N2O3/c23-15(14-25-16-7-2-1-3-8-16)13-22-18-10-5-4-9-17(18)21-20(22)19-11-6-12-24-19/h4-5,9-10,15-16,19,23H,1-3,6-8,11-14H2. The number of benzene rings is 1. The van der Waals surface area contributed by atoms with Crippen molar-refractivity contribution in [3.05, 3.63) is 30.1 Å². The van der Waals surface area contributed by atoms with Crippen LogP contribution in [0.4, 0.5) is 0 Å². The van der Waals surface area contributed by atoms with Crippen molar-refractivity contribution in [2.45, 2.75) is 69.8 Å². The monoisotopic (exact) mass is 344 g/mol. The van der Waals surface area contributed by atoms with Crippen LogP contribution in [0, 0.1) is 0 Å². The lowest BCUT2D eigenvalue weighted by Gasteiger charge is -2.24. The Hall–Kier alpha value is -1.43. The number of aliphatic hydroxyl groups is 1. The van der Waals surface area contributed by atoms with E-state index in [-0.39, 0.29) is 6.10 Å². The molecule has 0 spiro atoms. The minimum absolute atomic E-state index is 0.0406. The molecule has 2 atom stereocenters. The van der Waals surface area contributed by atoms with Crippen LogP contribution < -0.4 is 0 Å². The molecular formula is C20H28N2O3. The van der Waals surface area contributed by atoms with Crippen LogP contribution in [0.3, 0.4) is 0 Å². The zero-order valence-electron chi connectivity index (χ0n) is 14.8. The summed E-state index contributed by atoms with van der Waals surface area (Å²) in [6, 6.07) is 8.11. The van der Waals surface area contributed by atoms with Crippen LogP contribution in [-0.2, 0) is 16.0 Å². The van der Waals surface area contributed by atoms with Crippen LogP contribution in [0.25, 0.3) is 11.0 Å². The van der Waals surface area contributed by atoms with Crippen molar-refractivity contribution in [3.8, 4) is 0 Å². The predicted octanol–water partition coefficient (Wildman–Crippen LogP) is 3.60. The summed E-state index contributed by atoms with van der Waals surface area (Å²) in [6.45, 7) is 1.69. The zero-order chi connectivity index (χ0) is 17.1. The van der Waals surface area contributed by atoms with Crippen LogP contribution in [0.15, 0.2) is 24.3 Å². The van der Waals surface area contributed by atoms with Crippen molar-refractivity contribution in [1.29, 1.82) is 0 Å². The second-order valence-electron chi connectivity index (χ2n) is 7.32. The van der Waals surface area contributed by atoms with Crippen LogP contribution in [0.1, 0.15) is 56.9 Å². The van der Waals surface area contributed by atoms with E-state index in [9.17, 15) is 5.11 Å². The van der Waals surface area contributed by atoms with Crippen LogP contribution in [0.2, 0.25) is 0 Å². The highest BCUT2D eigenvalue weighted by Gasteiger charge is 2.25. The lowest BCUT2D eigenvalue weighted by Crippen LogP contribution is -2.27. The number of fused-ring (bicyclic) bond motifs is 1. The van der Waals surface area contributed by atoms with E-state index < -0.39 is 6.10 Å². The summed E-state index contributed by atoms with van der Waals surface area (Å²) in [4.78, 5) is 4.78. The highest BCUT2D eigenvalue weighted by molar-refractivity contribution is 5.76. The fourth-order valence-electron chi connectivity index (χ4n) is 4.06. The number of aliphatic hydroxyl groups excluding tert-OH is 1. The Labute approximate surface area is 149 Å². The van der Waals surface area contributed by atoms with Gasteiger partial charge in [0.15, 0.2) is 0 Å². The van der Waals surface area contributed by atoms with Gasteiger partial charge in [0.2, 0.25) is 0 Å². The number of hydrogen-bond donors (Lipinski definition) is 1.